The number of carbonyl (C=O) groups excluding carboxylic acids is 2. The fourth-order valence-corrected chi connectivity index (χ4v) is 7.65. The maximum Gasteiger partial charge on any atom is 0.185 e. The van der Waals surface area contributed by atoms with Crippen molar-refractivity contribution in [2.24, 2.45) is 23.7 Å². The zero-order valence-corrected chi connectivity index (χ0v) is 31.3. The van der Waals surface area contributed by atoms with Gasteiger partial charge in [-0.2, -0.15) is 12.6 Å². The Kier molecular flexibility index (Phi) is 22.5. The minimum absolute atomic E-state index is 0.258. The number of nitrogens with zero attached hydrogens (tertiary/aromatic N) is 4. The Morgan fingerprint density at radius 1 is 0.651 bits per heavy atom. The van der Waals surface area contributed by atoms with Gasteiger partial charge in [0.1, 0.15) is 0 Å². The van der Waals surface area contributed by atoms with E-state index < -0.39 is 0 Å². The summed E-state index contributed by atoms with van der Waals surface area (Å²) in [5.41, 5.74) is 0. The SMILES string of the molecule is CC(=O)SCC1CCN(C)CC1.CC(=O)SCC1CC[N+](C)(C)CC1.CN1CCC(CO)CC1.CN1CCC(CS)CC1. The van der Waals surface area contributed by atoms with Gasteiger partial charge >= 0.3 is 0 Å². The second-order valence-electron chi connectivity index (χ2n) is 14.0. The van der Waals surface area contributed by atoms with Gasteiger partial charge in [0.15, 0.2) is 10.2 Å². The first-order valence-corrected chi connectivity index (χ1v) is 19.3. The van der Waals surface area contributed by atoms with Gasteiger partial charge in [0.2, 0.25) is 0 Å². The number of hydrogen-bond acceptors (Lipinski definition) is 9. The summed E-state index contributed by atoms with van der Waals surface area (Å²) in [4.78, 5) is 28.5. The van der Waals surface area contributed by atoms with E-state index in [0.29, 0.717) is 12.5 Å². The Morgan fingerprint density at radius 3 is 1.30 bits per heavy atom. The van der Waals surface area contributed by atoms with Gasteiger partial charge in [-0.05, 0) is 128 Å². The minimum Gasteiger partial charge on any atom is -0.396 e. The molecule has 4 aliphatic heterocycles. The zero-order valence-electron chi connectivity index (χ0n) is 28.8. The van der Waals surface area contributed by atoms with Crippen molar-refractivity contribution >= 4 is 46.4 Å². The van der Waals surface area contributed by atoms with Crippen LogP contribution in [0.15, 0.2) is 0 Å². The molecule has 0 aromatic rings. The number of quaternary nitrogens is 1. The summed E-state index contributed by atoms with van der Waals surface area (Å²) in [5.74, 6) is 6.17. The highest BCUT2D eigenvalue weighted by Gasteiger charge is 2.26. The molecule has 0 aromatic carbocycles. The molecule has 4 aliphatic rings. The van der Waals surface area contributed by atoms with Crippen LogP contribution in [0.5, 0.6) is 0 Å². The summed E-state index contributed by atoms with van der Waals surface area (Å²) >= 11 is 7.25. The fourth-order valence-electron chi connectivity index (χ4n) is 5.68. The first kappa shape index (κ1) is 41.2. The summed E-state index contributed by atoms with van der Waals surface area (Å²) in [5, 5.41) is 9.28. The van der Waals surface area contributed by atoms with Gasteiger partial charge in [-0.1, -0.05) is 23.5 Å². The third kappa shape index (κ3) is 21.6. The van der Waals surface area contributed by atoms with E-state index in [2.05, 4.69) is 62.6 Å². The van der Waals surface area contributed by atoms with Crippen LogP contribution in [-0.4, -0.2) is 146 Å². The lowest BCUT2D eigenvalue weighted by molar-refractivity contribution is -0.896. The molecule has 43 heavy (non-hydrogen) atoms. The summed E-state index contributed by atoms with van der Waals surface area (Å²) in [6.07, 6.45) is 10.1. The Bertz CT molecular complexity index is 705. The van der Waals surface area contributed by atoms with Crippen LogP contribution < -0.4 is 0 Å². The monoisotopic (exact) mass is 663 g/mol. The molecule has 1 N–H and O–H groups in total. The summed E-state index contributed by atoms with van der Waals surface area (Å²) in [7, 11) is 11.1. The number of piperidine rings is 4. The molecule has 4 saturated heterocycles. The maximum absolute atomic E-state index is 10.8. The summed E-state index contributed by atoms with van der Waals surface area (Å²) in [6, 6.07) is 0. The second kappa shape index (κ2) is 23.5. The van der Waals surface area contributed by atoms with E-state index >= 15 is 0 Å². The number of rotatable bonds is 6. The van der Waals surface area contributed by atoms with Crippen molar-refractivity contribution in [3.63, 3.8) is 0 Å². The van der Waals surface area contributed by atoms with E-state index in [1.165, 1.54) is 114 Å². The van der Waals surface area contributed by atoms with Gasteiger partial charge in [-0.15, -0.1) is 0 Å². The van der Waals surface area contributed by atoms with Crippen molar-refractivity contribution in [1.82, 2.24) is 14.7 Å². The molecular formula is C33H67N4O3S3+. The highest BCUT2D eigenvalue weighted by molar-refractivity contribution is 8.13. The van der Waals surface area contributed by atoms with Gasteiger partial charge in [-0.3, -0.25) is 9.59 Å². The molecule has 10 heteroatoms. The van der Waals surface area contributed by atoms with E-state index in [1.54, 1.807) is 13.8 Å². The molecule has 4 rings (SSSR count). The van der Waals surface area contributed by atoms with Gasteiger partial charge < -0.3 is 24.3 Å². The summed E-state index contributed by atoms with van der Waals surface area (Å²) in [6.45, 7) is 13.5. The van der Waals surface area contributed by atoms with Gasteiger partial charge in [0.05, 0.1) is 27.2 Å². The van der Waals surface area contributed by atoms with Crippen molar-refractivity contribution in [3.05, 3.63) is 0 Å². The normalized spacial score (nSPS) is 23.2. The van der Waals surface area contributed by atoms with Crippen molar-refractivity contribution in [3.8, 4) is 0 Å². The van der Waals surface area contributed by atoms with Crippen molar-refractivity contribution in [2.75, 3.05) is 111 Å². The fraction of sp³-hybridized carbons (Fsp3) is 0.939. The highest BCUT2D eigenvalue weighted by Crippen LogP contribution is 2.24. The molecule has 0 bridgehead atoms. The minimum atomic E-state index is 0.258. The Hall–Kier alpha value is 0.190. The topological polar surface area (TPSA) is 64.1 Å². The molecule has 0 aliphatic carbocycles. The average Bonchev–Trinajstić information content (AvgIpc) is 2.98. The van der Waals surface area contributed by atoms with Crippen LogP contribution in [0, 0.1) is 23.7 Å². The van der Waals surface area contributed by atoms with Crippen LogP contribution in [0.1, 0.15) is 65.2 Å². The molecule has 4 fully saturated rings. The van der Waals surface area contributed by atoms with Crippen molar-refractivity contribution < 1.29 is 19.2 Å². The molecule has 0 radical (unpaired) electrons. The number of aliphatic hydroxyl groups is 1. The molecule has 4 heterocycles. The van der Waals surface area contributed by atoms with Crippen LogP contribution >= 0.6 is 36.2 Å². The van der Waals surface area contributed by atoms with Crippen LogP contribution in [0.4, 0.5) is 0 Å². The van der Waals surface area contributed by atoms with Crippen molar-refractivity contribution in [2.45, 2.75) is 65.2 Å². The first-order valence-electron chi connectivity index (χ1n) is 16.7. The van der Waals surface area contributed by atoms with E-state index in [0.717, 1.165) is 52.6 Å². The molecule has 7 nitrogen and oxygen atoms in total. The Morgan fingerprint density at radius 2 is 0.977 bits per heavy atom. The first-order chi connectivity index (χ1) is 20.3. The molecule has 0 aromatic heterocycles. The van der Waals surface area contributed by atoms with Crippen LogP contribution in [0.3, 0.4) is 0 Å². The standard InChI is InChI=1S/C10H20NOS.C9H17NOS.C7H15NO.C7H15NS/c1-9(12)13-8-10-4-6-11(2,3)7-5-10;1-8(11)12-7-9-3-5-10(2)6-4-9;2*1-8-4-2-7(6-9)3-5-8/h10H,4-8H2,1-3H3;9H,3-7H2,1-2H3;2*7,9H,2-6H2,1H3/q+1;;;. The molecule has 0 atom stereocenters. The van der Waals surface area contributed by atoms with E-state index in [-0.39, 0.29) is 10.2 Å². The van der Waals surface area contributed by atoms with Gasteiger partial charge in [0.25, 0.3) is 0 Å². The van der Waals surface area contributed by atoms with E-state index in [4.69, 9.17) is 5.11 Å². The lowest BCUT2D eigenvalue weighted by Crippen LogP contribution is -2.46. The number of hydrogen-bond donors (Lipinski definition) is 2. The molecule has 0 spiro atoms. The average molecular weight is 664 g/mol. The number of thioether (sulfide) groups is 2. The van der Waals surface area contributed by atoms with Gasteiger partial charge in [-0.25, -0.2) is 0 Å². The molecule has 0 unspecified atom stereocenters. The largest absolute Gasteiger partial charge is 0.396 e. The number of thiol groups is 1. The second-order valence-corrected chi connectivity index (χ2v) is 16.8. The third-order valence-electron chi connectivity index (χ3n) is 9.36. The van der Waals surface area contributed by atoms with Crippen LogP contribution in [0.25, 0.3) is 0 Å². The van der Waals surface area contributed by atoms with Crippen LogP contribution in [0.2, 0.25) is 0 Å². The molecule has 0 amide bonds. The van der Waals surface area contributed by atoms with Gasteiger partial charge in [0, 0.05) is 44.8 Å². The molecular weight excluding hydrogens is 597 g/mol. The van der Waals surface area contributed by atoms with Crippen molar-refractivity contribution in [1.29, 1.82) is 0 Å². The smallest absolute Gasteiger partial charge is 0.185 e. The van der Waals surface area contributed by atoms with E-state index in [1.807, 2.05) is 0 Å². The quantitative estimate of drug-likeness (QED) is 0.306. The van der Waals surface area contributed by atoms with E-state index in [9.17, 15) is 9.59 Å². The predicted molar refractivity (Wildman–Crippen MR) is 192 cm³/mol. The summed E-state index contributed by atoms with van der Waals surface area (Å²) < 4.78 is 1.15. The predicted octanol–water partition coefficient (Wildman–Crippen LogP) is 4.94. The number of aliphatic hydroxyl groups excluding tert-OH is 1. The highest BCUT2D eigenvalue weighted by atomic mass is 32.2. The maximum atomic E-state index is 10.8. The van der Waals surface area contributed by atoms with Crippen LogP contribution in [-0.2, 0) is 9.59 Å². The lowest BCUT2D eigenvalue weighted by atomic mass is 9.98. The molecule has 254 valence electrons. The lowest BCUT2D eigenvalue weighted by Gasteiger charge is -2.37. The number of carbonyl (C=O) groups is 2. The Labute approximate surface area is 279 Å². The third-order valence-corrected chi connectivity index (χ3v) is 12.0. The Balaban J connectivity index is 0.000000290. The zero-order chi connectivity index (χ0) is 32.3. The molecule has 0 saturated carbocycles. The number of likely N-dealkylation sites (tertiary alicyclic amines) is 4.